The molecule has 5 nitrogen and oxygen atoms in total. The molecule has 5 heterocycles. The second kappa shape index (κ2) is 20.0. The summed E-state index contributed by atoms with van der Waals surface area (Å²) in [7, 11) is 4.38. The Morgan fingerprint density at radius 3 is 1.82 bits per heavy atom. The zero-order valence-corrected chi connectivity index (χ0v) is 40.6. The second-order valence-corrected chi connectivity index (χ2v) is 19.5. The van der Waals surface area contributed by atoms with Crippen LogP contribution in [0.2, 0.25) is 0 Å². The van der Waals surface area contributed by atoms with Gasteiger partial charge in [-0.3, -0.25) is 0 Å². The second-order valence-electron chi connectivity index (χ2n) is 18.2. The number of ether oxygens (including phenoxy) is 1. The number of rotatable bonds is 2. The van der Waals surface area contributed by atoms with Gasteiger partial charge in [0.15, 0.2) is 0 Å². The molecule has 5 aromatic carbocycles. The van der Waals surface area contributed by atoms with Crippen molar-refractivity contribution in [3.05, 3.63) is 156 Å². The van der Waals surface area contributed by atoms with Gasteiger partial charge in [0.25, 0.3) is 0 Å². The zero-order chi connectivity index (χ0) is 44.8. The number of benzene rings is 5. The molecular formula is C56H72N4OS. The minimum absolute atomic E-state index is 0.213. The minimum Gasteiger partial charge on any atom is -0.494 e. The summed E-state index contributed by atoms with van der Waals surface area (Å²) in [5.41, 5.74) is 10.4. The Kier molecular flexibility index (Phi) is 15.0. The van der Waals surface area contributed by atoms with E-state index < -0.39 is 0 Å². The molecule has 10 rings (SSSR count). The van der Waals surface area contributed by atoms with E-state index in [0.717, 1.165) is 13.1 Å². The number of likely N-dealkylation sites (N-methyl/N-ethyl adjacent to an activating group) is 3. The van der Waals surface area contributed by atoms with Gasteiger partial charge in [0, 0.05) is 78.1 Å². The van der Waals surface area contributed by atoms with E-state index in [0.29, 0.717) is 23.5 Å². The van der Waals surface area contributed by atoms with Crippen LogP contribution < -0.4 is 19.6 Å². The molecule has 5 atom stereocenters. The highest BCUT2D eigenvalue weighted by Crippen LogP contribution is 2.48. The highest BCUT2D eigenvalue weighted by atomic mass is 32.2. The van der Waals surface area contributed by atoms with Crippen molar-refractivity contribution in [1.82, 2.24) is 0 Å². The lowest BCUT2D eigenvalue weighted by atomic mass is 9.79. The molecule has 5 aliphatic rings. The van der Waals surface area contributed by atoms with Crippen LogP contribution in [0.4, 0.5) is 22.7 Å². The highest BCUT2D eigenvalue weighted by molar-refractivity contribution is 8.00. The molecule has 0 spiro atoms. The predicted octanol–water partition coefficient (Wildman–Crippen LogP) is 14.1. The molecule has 0 saturated carbocycles. The van der Waals surface area contributed by atoms with Crippen molar-refractivity contribution in [3.8, 4) is 0 Å². The van der Waals surface area contributed by atoms with Crippen LogP contribution in [0.15, 0.2) is 145 Å². The summed E-state index contributed by atoms with van der Waals surface area (Å²) < 4.78 is 5.01. The lowest BCUT2D eigenvalue weighted by molar-refractivity contribution is 0.200. The average Bonchev–Trinajstić information content (AvgIpc) is 3.78. The van der Waals surface area contributed by atoms with Gasteiger partial charge in [-0.2, -0.15) is 0 Å². The van der Waals surface area contributed by atoms with Crippen LogP contribution in [0.25, 0.3) is 16.8 Å². The van der Waals surface area contributed by atoms with Crippen LogP contribution in [-0.2, 0) is 15.6 Å². The summed E-state index contributed by atoms with van der Waals surface area (Å²) in [5, 5.41) is 3.36. The Labute approximate surface area is 379 Å². The smallest absolute Gasteiger partial charge is 0.113 e. The Hall–Kier alpha value is -5.07. The van der Waals surface area contributed by atoms with E-state index in [1.54, 1.807) is 6.26 Å². The van der Waals surface area contributed by atoms with Gasteiger partial charge in [-0.15, -0.1) is 0 Å². The number of anilines is 4. The first kappa shape index (κ1) is 46.4. The third kappa shape index (κ3) is 9.61. The molecule has 0 fully saturated rings. The number of hydrogen-bond acceptors (Lipinski definition) is 6. The van der Waals surface area contributed by atoms with Crippen molar-refractivity contribution >= 4 is 51.4 Å². The van der Waals surface area contributed by atoms with Crippen LogP contribution in [0.5, 0.6) is 0 Å². The molecule has 62 heavy (non-hydrogen) atoms. The Balaban J connectivity index is 0.000000132. The van der Waals surface area contributed by atoms with Crippen LogP contribution in [-0.4, -0.2) is 56.8 Å². The molecule has 0 saturated heterocycles. The number of allylic oxidation sites excluding steroid dienone is 2. The van der Waals surface area contributed by atoms with Crippen LogP contribution in [0.3, 0.4) is 0 Å². The predicted molar refractivity (Wildman–Crippen MR) is 274 cm³/mol. The van der Waals surface area contributed by atoms with E-state index in [1.807, 2.05) is 36.9 Å². The van der Waals surface area contributed by atoms with Crippen LogP contribution in [0.1, 0.15) is 92.9 Å². The van der Waals surface area contributed by atoms with Gasteiger partial charge in [0.2, 0.25) is 0 Å². The Morgan fingerprint density at radius 1 is 0.581 bits per heavy atom. The molecule has 0 bridgehead atoms. The van der Waals surface area contributed by atoms with Gasteiger partial charge >= 0.3 is 0 Å². The number of hydrogen-bond donors (Lipinski definition) is 0. The summed E-state index contributed by atoms with van der Waals surface area (Å²) in [6, 6.07) is 40.8. The molecule has 0 aromatic heterocycles. The van der Waals surface area contributed by atoms with Crippen molar-refractivity contribution in [3.63, 3.8) is 0 Å². The topological polar surface area (TPSA) is 22.2 Å². The van der Waals surface area contributed by atoms with E-state index in [9.17, 15) is 0 Å². The minimum atomic E-state index is 0.213. The quantitative estimate of drug-likeness (QED) is 0.175. The summed E-state index contributed by atoms with van der Waals surface area (Å²) in [5.74, 6) is 0. The molecule has 5 aromatic rings. The van der Waals surface area contributed by atoms with Crippen molar-refractivity contribution in [2.75, 3.05) is 46.8 Å². The maximum absolute atomic E-state index is 5.01. The molecule has 5 unspecified atom stereocenters. The molecule has 6 heteroatoms. The lowest BCUT2D eigenvalue weighted by Crippen LogP contribution is -2.36. The molecule has 5 aliphatic heterocycles. The zero-order valence-electron chi connectivity index (χ0n) is 39.8. The molecule has 0 amide bonds. The van der Waals surface area contributed by atoms with Gasteiger partial charge < -0.3 is 24.3 Å². The van der Waals surface area contributed by atoms with Crippen LogP contribution in [0, 0.1) is 0 Å². The normalized spacial score (nSPS) is 22.6. The summed E-state index contributed by atoms with van der Waals surface area (Å²) in [6.07, 6.45) is 12.3. The number of fused-ring (bicyclic) bond motifs is 6. The van der Waals surface area contributed by atoms with E-state index >= 15 is 0 Å². The van der Waals surface area contributed by atoms with E-state index in [4.69, 9.17) is 4.74 Å². The third-order valence-electron chi connectivity index (χ3n) is 13.9. The maximum atomic E-state index is 5.01. The highest BCUT2D eigenvalue weighted by Gasteiger charge is 2.41. The Morgan fingerprint density at radius 2 is 1.18 bits per heavy atom. The maximum Gasteiger partial charge on any atom is 0.113 e. The van der Waals surface area contributed by atoms with Gasteiger partial charge in [0.1, 0.15) is 6.10 Å². The third-order valence-corrected chi connectivity index (χ3v) is 15.1. The monoisotopic (exact) mass is 849 g/mol. The molecule has 0 N–H and O–H groups in total. The van der Waals surface area contributed by atoms with E-state index in [2.05, 4.69) is 224 Å². The van der Waals surface area contributed by atoms with Gasteiger partial charge in [-0.1, -0.05) is 137 Å². The number of nitrogens with zero attached hydrogens (tertiary/aromatic N) is 4. The van der Waals surface area contributed by atoms with E-state index in [1.165, 1.54) is 55.1 Å². The van der Waals surface area contributed by atoms with Crippen molar-refractivity contribution in [2.45, 2.75) is 121 Å². The molecule has 0 aliphatic carbocycles. The summed E-state index contributed by atoms with van der Waals surface area (Å²) >= 11 is 1.95. The van der Waals surface area contributed by atoms with Crippen molar-refractivity contribution in [1.29, 1.82) is 0 Å². The fraction of sp³-hybridized carbons (Fsp3) is 0.393. The molecule has 328 valence electrons. The average molecular weight is 849 g/mol. The first-order valence-corrected chi connectivity index (χ1v) is 23.6. The first-order valence-electron chi connectivity index (χ1n) is 22.8. The van der Waals surface area contributed by atoms with Crippen molar-refractivity contribution < 1.29 is 4.74 Å². The fourth-order valence-electron chi connectivity index (χ4n) is 9.44. The first-order chi connectivity index (χ1) is 29.6. The largest absolute Gasteiger partial charge is 0.494 e. The summed E-state index contributed by atoms with van der Waals surface area (Å²) in [4.78, 5) is 11.0. The van der Waals surface area contributed by atoms with Gasteiger partial charge in [-0.05, 0) is 118 Å². The standard InChI is InChI=1S/C16H19N.C12H17N.C12H15N.C10H13NS.C6H8O/c1-11-16(2,3)15-13-8-6-5-7-12(13)9-10-14(15)17(11)4;1-9-12(2,3)10-7-5-6-8-11(10)13(9)4;1-3-13-10(2)8-9-11-6-4-5-7-12(11)13;1-3-11-8(2)12-10-7-5-4-6-9(10)11;1-6-4-2-3-5-7-6/h5-11H,1-4H3;5-9H,1-4H3;4-10H,3H2,1-2H3;4-8H,3H2,1-2H3;2-6H,1H3. The molecular weight excluding hydrogens is 777 g/mol. The van der Waals surface area contributed by atoms with Gasteiger partial charge in [0.05, 0.1) is 17.3 Å². The fourth-order valence-corrected chi connectivity index (χ4v) is 10.7. The Bertz CT molecular complexity index is 2360. The summed E-state index contributed by atoms with van der Waals surface area (Å²) in [6.45, 7) is 27.0. The van der Waals surface area contributed by atoms with Gasteiger partial charge in [-0.25, -0.2) is 0 Å². The number of para-hydroxylation sites is 3. The van der Waals surface area contributed by atoms with Crippen LogP contribution >= 0.6 is 11.8 Å². The molecule has 0 radical (unpaired) electrons. The number of thioether (sulfide) groups is 1. The van der Waals surface area contributed by atoms with Crippen molar-refractivity contribution in [2.24, 2.45) is 0 Å². The van der Waals surface area contributed by atoms with E-state index in [-0.39, 0.29) is 16.9 Å². The SMILES string of the molecule is CC1C=CC=CO1.CC1N(C)c2ccc3ccccc3c2C1(C)C.CC1N(C)c2ccccc2C1(C)C.CCN1c2ccccc2C=CC1C.CCN1c2ccccc2SC1C. The lowest BCUT2D eigenvalue weighted by Gasteiger charge is -2.32.